The predicted molar refractivity (Wildman–Crippen MR) is 96.9 cm³/mol. The van der Waals surface area contributed by atoms with Crippen LogP contribution in [0.15, 0.2) is 44.8 Å². The molecule has 0 unspecified atom stereocenters. The van der Waals surface area contributed by atoms with Crippen molar-refractivity contribution in [2.75, 3.05) is 19.3 Å². The zero-order chi connectivity index (χ0) is 13.7. The molecule has 0 aliphatic carbocycles. The number of benzene rings is 1. The van der Waals surface area contributed by atoms with Crippen molar-refractivity contribution < 1.29 is 0 Å². The number of aliphatic imine (C=N–C) groups is 1. The average Bonchev–Trinajstić information content (AvgIpc) is 2.42. The number of thioether (sulfide) groups is 1. The molecule has 1 aliphatic rings. The van der Waals surface area contributed by atoms with Crippen LogP contribution in [0.4, 0.5) is 0 Å². The van der Waals surface area contributed by atoms with Crippen LogP contribution in [0, 0.1) is 0 Å². The van der Waals surface area contributed by atoms with Gasteiger partial charge < -0.3 is 10.6 Å². The van der Waals surface area contributed by atoms with E-state index in [0.717, 1.165) is 25.9 Å². The summed E-state index contributed by atoms with van der Waals surface area (Å²) in [6.07, 6.45) is 8.00. The van der Waals surface area contributed by atoms with Crippen molar-refractivity contribution in [2.45, 2.75) is 17.7 Å². The van der Waals surface area contributed by atoms with Crippen molar-refractivity contribution in [3.05, 3.63) is 40.5 Å². The van der Waals surface area contributed by atoms with E-state index in [1.165, 1.54) is 14.9 Å². The van der Waals surface area contributed by atoms with Gasteiger partial charge in [-0.2, -0.15) is 0 Å². The molecular weight excluding hydrogens is 402 g/mol. The second kappa shape index (κ2) is 8.74. The number of nitrogens with two attached hydrogens (primary N) is 1. The maximum Gasteiger partial charge on any atom is 0.196 e. The van der Waals surface area contributed by atoms with Crippen LogP contribution in [-0.2, 0) is 6.42 Å². The lowest BCUT2D eigenvalue weighted by Crippen LogP contribution is -2.39. The Morgan fingerprint density at radius 2 is 2.25 bits per heavy atom. The van der Waals surface area contributed by atoms with E-state index in [1.54, 1.807) is 18.0 Å². The highest BCUT2D eigenvalue weighted by atomic mass is 79.9. The molecule has 1 aromatic carbocycles. The summed E-state index contributed by atoms with van der Waals surface area (Å²) in [6.45, 7) is 1.80. The van der Waals surface area contributed by atoms with Crippen LogP contribution in [0.25, 0.3) is 0 Å². The van der Waals surface area contributed by atoms with Crippen molar-refractivity contribution in [2.24, 2.45) is 10.7 Å². The minimum absolute atomic E-state index is 0. The number of hydrogen-bond donors (Lipinski definition) is 1. The van der Waals surface area contributed by atoms with Crippen LogP contribution < -0.4 is 5.73 Å². The number of aryl methyl sites for hydroxylation is 1. The van der Waals surface area contributed by atoms with E-state index in [-0.39, 0.29) is 17.0 Å². The van der Waals surface area contributed by atoms with E-state index in [1.807, 2.05) is 6.08 Å². The third-order valence-electron chi connectivity index (χ3n) is 3.10. The first-order chi connectivity index (χ1) is 9.20. The molecular formula is C14H19Br2N3S. The lowest BCUT2D eigenvalue weighted by molar-refractivity contribution is 0.439. The monoisotopic (exact) mass is 419 g/mol. The zero-order valence-electron chi connectivity index (χ0n) is 11.4. The summed E-state index contributed by atoms with van der Waals surface area (Å²) in [4.78, 5) is 7.49. The smallest absolute Gasteiger partial charge is 0.196 e. The maximum atomic E-state index is 5.84. The lowest BCUT2D eigenvalue weighted by Gasteiger charge is -2.23. The minimum atomic E-state index is 0. The van der Waals surface area contributed by atoms with Crippen LogP contribution >= 0.6 is 44.7 Å². The molecule has 6 heteroatoms. The molecule has 0 radical (unpaired) electrons. The quantitative estimate of drug-likeness (QED) is 0.736. The Kier molecular flexibility index (Phi) is 7.69. The van der Waals surface area contributed by atoms with E-state index in [0.29, 0.717) is 5.96 Å². The highest BCUT2D eigenvalue weighted by Crippen LogP contribution is 2.24. The molecule has 0 atom stereocenters. The number of rotatable bonds is 5. The van der Waals surface area contributed by atoms with Crippen LogP contribution in [0.5, 0.6) is 0 Å². The molecule has 3 nitrogen and oxygen atoms in total. The molecule has 1 aromatic rings. The summed E-state index contributed by atoms with van der Waals surface area (Å²) in [5.41, 5.74) is 7.19. The average molecular weight is 421 g/mol. The predicted octanol–water partition coefficient (Wildman–Crippen LogP) is 3.83. The molecule has 0 saturated heterocycles. The van der Waals surface area contributed by atoms with Crippen molar-refractivity contribution in [3.63, 3.8) is 0 Å². The molecule has 1 heterocycles. The molecule has 110 valence electrons. The third-order valence-corrected chi connectivity index (χ3v) is 4.56. The standard InChI is InChI=1S/C14H18BrN3S.BrH/c1-19-12-6-5-11(13(15)10-12)4-2-8-18-9-3-7-17-14(18)16;/h3,5-7,10H,2,4,8-9H2,1H3,(H2,16,17);1H. The van der Waals surface area contributed by atoms with Crippen LogP contribution in [0.1, 0.15) is 12.0 Å². The molecule has 0 spiro atoms. The maximum absolute atomic E-state index is 5.84. The summed E-state index contributed by atoms with van der Waals surface area (Å²) in [6, 6.07) is 6.55. The van der Waals surface area contributed by atoms with Crippen molar-refractivity contribution in [1.29, 1.82) is 0 Å². The fourth-order valence-corrected chi connectivity index (χ4v) is 3.17. The van der Waals surface area contributed by atoms with Gasteiger partial charge in [-0.25, -0.2) is 4.99 Å². The van der Waals surface area contributed by atoms with Gasteiger partial charge in [0.2, 0.25) is 0 Å². The summed E-state index contributed by atoms with van der Waals surface area (Å²) in [7, 11) is 0. The number of hydrogen-bond acceptors (Lipinski definition) is 4. The second-order valence-corrected chi connectivity index (χ2v) is 6.11. The first-order valence-electron chi connectivity index (χ1n) is 6.26. The van der Waals surface area contributed by atoms with Gasteiger partial charge in [0.15, 0.2) is 5.96 Å². The van der Waals surface area contributed by atoms with Crippen molar-refractivity contribution in [1.82, 2.24) is 4.90 Å². The first kappa shape index (κ1) is 17.6. The Labute approximate surface area is 143 Å². The highest BCUT2D eigenvalue weighted by molar-refractivity contribution is 9.10. The SMILES string of the molecule is Br.CSc1ccc(CCCN2CC=CN=C2N)c(Br)c1. The Hall–Kier alpha value is -0.460. The second-order valence-electron chi connectivity index (χ2n) is 4.38. The van der Waals surface area contributed by atoms with Crippen LogP contribution in [0.2, 0.25) is 0 Å². The molecule has 2 N–H and O–H groups in total. The largest absolute Gasteiger partial charge is 0.369 e. The van der Waals surface area contributed by atoms with Crippen molar-refractivity contribution in [3.8, 4) is 0 Å². The van der Waals surface area contributed by atoms with Gasteiger partial charge in [-0.3, -0.25) is 0 Å². The van der Waals surface area contributed by atoms with Crippen molar-refractivity contribution >= 4 is 50.6 Å². The van der Waals surface area contributed by atoms with E-state index in [2.05, 4.69) is 50.3 Å². The van der Waals surface area contributed by atoms with Gasteiger partial charge in [-0.05, 0) is 42.9 Å². The van der Waals surface area contributed by atoms with Gasteiger partial charge in [0.1, 0.15) is 0 Å². The number of nitrogens with zero attached hydrogens (tertiary/aromatic N) is 2. The zero-order valence-corrected chi connectivity index (χ0v) is 15.5. The molecule has 0 bridgehead atoms. The van der Waals surface area contributed by atoms with Crippen LogP contribution in [-0.4, -0.2) is 30.2 Å². The van der Waals surface area contributed by atoms with E-state index >= 15 is 0 Å². The molecule has 20 heavy (non-hydrogen) atoms. The fourth-order valence-electron chi connectivity index (χ4n) is 2.00. The molecule has 0 aromatic heterocycles. The highest BCUT2D eigenvalue weighted by Gasteiger charge is 2.09. The summed E-state index contributed by atoms with van der Waals surface area (Å²) >= 11 is 5.40. The van der Waals surface area contributed by atoms with E-state index in [4.69, 9.17) is 5.73 Å². The van der Waals surface area contributed by atoms with Gasteiger partial charge in [0.05, 0.1) is 0 Å². The van der Waals surface area contributed by atoms with E-state index in [9.17, 15) is 0 Å². The Morgan fingerprint density at radius 1 is 1.45 bits per heavy atom. The van der Waals surface area contributed by atoms with E-state index < -0.39 is 0 Å². The van der Waals surface area contributed by atoms with Crippen LogP contribution in [0.3, 0.4) is 0 Å². The third kappa shape index (κ3) is 4.82. The summed E-state index contributed by atoms with van der Waals surface area (Å²) < 4.78 is 1.19. The van der Waals surface area contributed by atoms with Gasteiger partial charge >= 0.3 is 0 Å². The van der Waals surface area contributed by atoms with Gasteiger partial charge in [0.25, 0.3) is 0 Å². The molecule has 2 rings (SSSR count). The lowest BCUT2D eigenvalue weighted by atomic mass is 10.1. The van der Waals surface area contributed by atoms with Gasteiger partial charge in [-0.1, -0.05) is 22.0 Å². The topological polar surface area (TPSA) is 41.6 Å². The fraction of sp³-hybridized carbons (Fsp3) is 0.357. The summed E-state index contributed by atoms with van der Waals surface area (Å²) in [5, 5.41) is 0. The normalized spacial score (nSPS) is 13.9. The number of halogens is 2. The number of guanidine groups is 1. The molecule has 1 aliphatic heterocycles. The minimum Gasteiger partial charge on any atom is -0.369 e. The first-order valence-corrected chi connectivity index (χ1v) is 8.28. The Balaban J connectivity index is 0.00000200. The molecule has 0 amide bonds. The van der Waals surface area contributed by atoms with Gasteiger partial charge in [0, 0.05) is 28.7 Å². The Morgan fingerprint density at radius 3 is 2.90 bits per heavy atom. The molecule has 0 saturated carbocycles. The molecule has 0 fully saturated rings. The Bertz CT molecular complexity index is 503. The summed E-state index contributed by atoms with van der Waals surface area (Å²) in [5.74, 6) is 0.624. The van der Waals surface area contributed by atoms with Gasteiger partial charge in [-0.15, -0.1) is 28.7 Å².